The van der Waals surface area contributed by atoms with Crippen molar-refractivity contribution in [1.29, 1.82) is 0 Å². The second kappa shape index (κ2) is 15.0. The number of hydrogen-bond donors (Lipinski definition) is 2. The Bertz CT molecular complexity index is 1930. The van der Waals surface area contributed by atoms with Crippen LogP contribution in [0.5, 0.6) is 11.5 Å². The Balaban J connectivity index is 1.27. The van der Waals surface area contributed by atoms with Crippen molar-refractivity contribution in [2.75, 3.05) is 27.4 Å². The first-order valence-electron chi connectivity index (χ1n) is 17.4. The lowest BCUT2D eigenvalue weighted by Gasteiger charge is -2.37. The molecule has 3 heterocycles. The fourth-order valence-corrected chi connectivity index (χ4v) is 15.0. The smallest absolute Gasteiger partial charge is 0.330 e. The largest absolute Gasteiger partial charge is 0.497 e. The Kier molecular flexibility index (Phi) is 10.7. The van der Waals surface area contributed by atoms with Crippen molar-refractivity contribution in [3.63, 3.8) is 0 Å². The van der Waals surface area contributed by atoms with Crippen LogP contribution in [-0.4, -0.2) is 53.9 Å². The first kappa shape index (κ1) is 36.2. The summed E-state index contributed by atoms with van der Waals surface area (Å²) in [7, 11) is 3.29. The lowest BCUT2D eigenvalue weighted by molar-refractivity contribution is -0.0804. The molecule has 51 heavy (non-hydrogen) atoms. The summed E-state index contributed by atoms with van der Waals surface area (Å²) < 4.78 is 33.0. The third-order valence-electron chi connectivity index (χ3n) is 10.2. The van der Waals surface area contributed by atoms with Crippen LogP contribution in [0.25, 0.3) is 0 Å². The van der Waals surface area contributed by atoms with E-state index in [9.17, 15) is 9.59 Å². The third-order valence-corrected chi connectivity index (χ3v) is 16.3. The summed E-state index contributed by atoms with van der Waals surface area (Å²) in [6.45, 7) is 2.46. The van der Waals surface area contributed by atoms with E-state index in [0.717, 1.165) is 41.0 Å². The number of aromatic nitrogens is 2. The number of nitrogens with zero attached hydrogens (tertiary/aromatic N) is 1. The molecule has 2 aliphatic heterocycles. The van der Waals surface area contributed by atoms with Gasteiger partial charge < -0.3 is 23.5 Å². The number of nitrogens with one attached hydrogen (secondary N) is 2. The number of benzene rings is 3. The molecule has 1 saturated carbocycles. The summed E-state index contributed by atoms with van der Waals surface area (Å²) in [6.07, 6.45) is 6.62. The second-order valence-corrected chi connectivity index (χ2v) is 20.4. The Labute approximate surface area is 307 Å². The lowest BCUT2D eigenvalue weighted by Crippen LogP contribution is -2.41. The maximum absolute atomic E-state index is 13.1. The fraction of sp³-hybridized carbons (Fsp3) is 0.421. The zero-order valence-electron chi connectivity index (χ0n) is 29.0. The topological polar surface area (TPSA) is 113 Å². The van der Waals surface area contributed by atoms with E-state index in [4.69, 9.17) is 35.3 Å². The van der Waals surface area contributed by atoms with Crippen LogP contribution in [-0.2, 0) is 31.4 Å². The number of hydrogen-bond acceptors (Lipinski definition) is 9. The van der Waals surface area contributed by atoms with Crippen LogP contribution >= 0.6 is 17.0 Å². The van der Waals surface area contributed by atoms with E-state index in [1.165, 1.54) is 23.8 Å². The average molecular weight is 750 g/mol. The second-order valence-electron chi connectivity index (χ2n) is 13.5. The molecule has 4 atom stereocenters. The van der Waals surface area contributed by atoms with Gasteiger partial charge in [0.2, 0.25) is 0 Å². The standard InChI is InChI=1S/C38H44N3O7PS2/c1-26-23-41(36(43)39-35(26)42)34-22-32(40-49(50)47-25-37(51-49)20-8-5-9-21-37)33(48-34)24-46-38(27-10-6-4-7-11-27,28-12-16-30(44-2)17-13-28)29-14-18-31(45-3)19-15-29/h4,6-7,10-19,23,32-34H,5,8-9,20-22,24-25H2,1-3H3,(H,40,50)(H,39,42,43)/t32-,33+,34+,49?/m0/s1. The molecule has 1 unspecified atom stereocenters. The monoisotopic (exact) mass is 749 g/mol. The highest BCUT2D eigenvalue weighted by atomic mass is 32.9. The van der Waals surface area contributed by atoms with Crippen LogP contribution in [0.4, 0.5) is 0 Å². The van der Waals surface area contributed by atoms with E-state index in [-0.39, 0.29) is 17.4 Å². The average Bonchev–Trinajstić information content (AvgIpc) is 3.70. The van der Waals surface area contributed by atoms with Crippen LogP contribution in [0.1, 0.15) is 67.0 Å². The predicted molar refractivity (Wildman–Crippen MR) is 203 cm³/mol. The molecule has 3 fully saturated rings. The van der Waals surface area contributed by atoms with E-state index < -0.39 is 34.8 Å². The zero-order valence-corrected chi connectivity index (χ0v) is 31.6. The van der Waals surface area contributed by atoms with Gasteiger partial charge in [0.1, 0.15) is 23.3 Å². The van der Waals surface area contributed by atoms with Crippen molar-refractivity contribution in [1.82, 2.24) is 14.6 Å². The molecule has 13 heteroatoms. The molecule has 1 aromatic heterocycles. The van der Waals surface area contributed by atoms with Gasteiger partial charge in [-0.2, -0.15) is 0 Å². The molecule has 4 aromatic rings. The molecule has 7 rings (SSSR count). The fourth-order valence-electron chi connectivity index (χ4n) is 7.48. The third kappa shape index (κ3) is 7.38. The van der Waals surface area contributed by atoms with Gasteiger partial charge in [0.15, 0.2) is 5.62 Å². The van der Waals surface area contributed by atoms with Gasteiger partial charge in [0.05, 0.1) is 33.5 Å². The number of H-pyrrole nitrogens is 1. The van der Waals surface area contributed by atoms with Gasteiger partial charge in [0, 0.05) is 29.0 Å². The number of aromatic amines is 1. The molecule has 0 amide bonds. The summed E-state index contributed by atoms with van der Waals surface area (Å²) in [6, 6.07) is 25.6. The maximum Gasteiger partial charge on any atom is 0.330 e. The molecule has 2 N–H and O–H groups in total. The highest BCUT2D eigenvalue weighted by Gasteiger charge is 2.49. The minimum absolute atomic E-state index is 0.0454. The van der Waals surface area contributed by atoms with Crippen LogP contribution in [0, 0.1) is 6.92 Å². The summed E-state index contributed by atoms with van der Waals surface area (Å²) in [4.78, 5) is 27.8. The first-order valence-corrected chi connectivity index (χ1v) is 21.5. The summed E-state index contributed by atoms with van der Waals surface area (Å²) in [5, 5.41) is 3.75. The molecule has 10 nitrogen and oxygen atoms in total. The van der Waals surface area contributed by atoms with Gasteiger partial charge in [-0.05, 0) is 72.5 Å². The van der Waals surface area contributed by atoms with Crippen molar-refractivity contribution in [3.05, 3.63) is 128 Å². The highest BCUT2D eigenvalue weighted by Crippen LogP contribution is 2.70. The molecule has 0 bridgehead atoms. The van der Waals surface area contributed by atoms with E-state index in [0.29, 0.717) is 18.6 Å². The summed E-state index contributed by atoms with van der Waals surface area (Å²) >= 11 is 8.08. The van der Waals surface area contributed by atoms with E-state index in [1.807, 2.05) is 78.1 Å². The van der Waals surface area contributed by atoms with Crippen molar-refractivity contribution in [2.24, 2.45) is 0 Å². The molecule has 0 radical (unpaired) electrons. The highest BCUT2D eigenvalue weighted by molar-refractivity contribution is 8.69. The number of methoxy groups -OCH3 is 2. The molecule has 1 spiro atoms. The molecule has 3 aliphatic rings. The first-order chi connectivity index (χ1) is 24.7. The van der Waals surface area contributed by atoms with Gasteiger partial charge in [-0.25, -0.2) is 4.79 Å². The normalized spacial score (nSPS) is 24.5. The maximum atomic E-state index is 13.1. The Morgan fingerprint density at radius 1 is 0.941 bits per heavy atom. The minimum Gasteiger partial charge on any atom is -0.497 e. The minimum atomic E-state index is -2.50. The number of rotatable bonds is 11. The van der Waals surface area contributed by atoms with Gasteiger partial charge in [-0.1, -0.05) is 85.2 Å². The summed E-state index contributed by atoms with van der Waals surface area (Å²) in [5.74, 6) is 1.46. The van der Waals surface area contributed by atoms with E-state index in [1.54, 1.807) is 27.3 Å². The van der Waals surface area contributed by atoms with Crippen molar-refractivity contribution in [3.8, 4) is 11.5 Å². The Morgan fingerprint density at radius 3 is 2.16 bits per heavy atom. The molecule has 2 saturated heterocycles. The van der Waals surface area contributed by atoms with Gasteiger partial charge in [-0.15, -0.1) is 0 Å². The molecular weight excluding hydrogens is 706 g/mol. The van der Waals surface area contributed by atoms with Crippen LogP contribution in [0.2, 0.25) is 0 Å². The van der Waals surface area contributed by atoms with Crippen molar-refractivity contribution < 1.29 is 23.5 Å². The Hall–Kier alpha value is -3.22. The quantitative estimate of drug-likeness (QED) is 0.125. The number of aryl methyl sites for hydroxylation is 1. The van der Waals surface area contributed by atoms with Crippen molar-refractivity contribution >= 4 is 28.8 Å². The number of ether oxygens (including phenoxy) is 4. The Morgan fingerprint density at radius 2 is 1.55 bits per heavy atom. The van der Waals surface area contributed by atoms with E-state index >= 15 is 0 Å². The zero-order chi connectivity index (χ0) is 35.6. The molecule has 3 aromatic carbocycles. The van der Waals surface area contributed by atoms with Crippen LogP contribution in [0.3, 0.4) is 0 Å². The van der Waals surface area contributed by atoms with Gasteiger partial charge in [0.25, 0.3) is 5.56 Å². The van der Waals surface area contributed by atoms with Gasteiger partial charge in [-0.3, -0.25) is 19.4 Å². The summed E-state index contributed by atoms with van der Waals surface area (Å²) in [5.41, 5.74) is -1.38. The molecule has 270 valence electrons. The SMILES string of the molecule is COc1ccc(C(OC[C@H]2O[C@@H](n3cc(C)c(=O)[nH]c3=O)C[C@@H]2NP2(=S)OCC3(CCCCC3)S2)(c2ccccc2)c2ccc(OC)cc2)cc1. The van der Waals surface area contributed by atoms with E-state index in [2.05, 4.69) is 22.2 Å². The molecular formula is C38H44N3O7PS2. The van der Waals surface area contributed by atoms with Gasteiger partial charge >= 0.3 is 5.69 Å². The molecule has 1 aliphatic carbocycles. The van der Waals surface area contributed by atoms with Crippen LogP contribution in [0.15, 0.2) is 94.6 Å². The van der Waals surface area contributed by atoms with Crippen molar-refractivity contribution in [2.45, 2.75) is 74.2 Å². The predicted octanol–water partition coefficient (Wildman–Crippen LogP) is 6.81. The lowest BCUT2D eigenvalue weighted by atomic mass is 9.80. The van der Waals surface area contributed by atoms with Crippen LogP contribution < -0.4 is 25.8 Å².